The molecule has 21 heavy (non-hydrogen) atoms. The van der Waals surface area contributed by atoms with Gasteiger partial charge in [0.25, 0.3) is 0 Å². The maximum Gasteiger partial charge on any atom is 0.238 e. The van der Waals surface area contributed by atoms with Gasteiger partial charge in [0, 0.05) is 24.1 Å². The highest BCUT2D eigenvalue weighted by Crippen LogP contribution is 2.35. The SMILES string of the molecule is Cc1ccc(S(N)(=O)=O)cc1NCc1nccn1C1CC1. The van der Waals surface area contributed by atoms with Crippen LogP contribution in [0.1, 0.15) is 30.3 Å². The molecule has 1 aliphatic carbocycles. The van der Waals surface area contributed by atoms with E-state index in [0.717, 1.165) is 17.1 Å². The van der Waals surface area contributed by atoms with Crippen LogP contribution in [0.2, 0.25) is 0 Å². The molecule has 0 saturated heterocycles. The van der Waals surface area contributed by atoms with Gasteiger partial charge in [-0.25, -0.2) is 18.5 Å². The number of nitrogens with zero attached hydrogens (tertiary/aromatic N) is 2. The topological polar surface area (TPSA) is 90.0 Å². The van der Waals surface area contributed by atoms with Gasteiger partial charge in [0.1, 0.15) is 5.82 Å². The van der Waals surface area contributed by atoms with Crippen LogP contribution >= 0.6 is 0 Å². The molecule has 1 heterocycles. The molecule has 2 aromatic rings. The zero-order valence-electron chi connectivity index (χ0n) is 11.8. The largest absolute Gasteiger partial charge is 0.378 e. The second kappa shape index (κ2) is 5.16. The van der Waals surface area contributed by atoms with Gasteiger partial charge in [-0.05, 0) is 37.5 Å². The summed E-state index contributed by atoms with van der Waals surface area (Å²) < 4.78 is 25.0. The van der Waals surface area contributed by atoms with Gasteiger partial charge in [0.15, 0.2) is 0 Å². The number of rotatable bonds is 5. The van der Waals surface area contributed by atoms with Gasteiger partial charge in [0.05, 0.1) is 11.4 Å². The number of hydrogen-bond donors (Lipinski definition) is 2. The molecule has 112 valence electrons. The molecule has 0 radical (unpaired) electrons. The number of primary sulfonamides is 1. The Labute approximate surface area is 124 Å². The van der Waals surface area contributed by atoms with Crippen molar-refractivity contribution in [3.63, 3.8) is 0 Å². The molecule has 3 N–H and O–H groups in total. The second-order valence-corrected chi connectivity index (χ2v) is 6.92. The maximum absolute atomic E-state index is 11.4. The Morgan fingerprint density at radius 2 is 2.19 bits per heavy atom. The van der Waals surface area contributed by atoms with Gasteiger partial charge >= 0.3 is 0 Å². The zero-order valence-corrected chi connectivity index (χ0v) is 12.6. The summed E-state index contributed by atoms with van der Waals surface area (Å²) in [7, 11) is -3.69. The molecule has 1 fully saturated rings. The Balaban J connectivity index is 1.79. The third kappa shape index (κ3) is 3.08. The molecule has 3 rings (SSSR count). The van der Waals surface area contributed by atoms with Crippen molar-refractivity contribution in [1.82, 2.24) is 9.55 Å². The van der Waals surface area contributed by atoms with Crippen LogP contribution in [0.4, 0.5) is 5.69 Å². The van der Waals surface area contributed by atoms with Gasteiger partial charge in [-0.1, -0.05) is 6.07 Å². The van der Waals surface area contributed by atoms with E-state index in [1.54, 1.807) is 18.3 Å². The van der Waals surface area contributed by atoms with E-state index in [0.29, 0.717) is 12.6 Å². The summed E-state index contributed by atoms with van der Waals surface area (Å²) >= 11 is 0. The monoisotopic (exact) mass is 306 g/mol. The van der Waals surface area contributed by atoms with Crippen molar-refractivity contribution in [2.24, 2.45) is 5.14 Å². The van der Waals surface area contributed by atoms with E-state index in [4.69, 9.17) is 5.14 Å². The van der Waals surface area contributed by atoms with Gasteiger partial charge < -0.3 is 9.88 Å². The minimum atomic E-state index is -3.69. The fraction of sp³-hybridized carbons (Fsp3) is 0.357. The summed E-state index contributed by atoms with van der Waals surface area (Å²) in [5.74, 6) is 0.956. The predicted octanol–water partition coefficient (Wildman–Crippen LogP) is 1.79. The molecule has 0 spiro atoms. The first-order valence-corrected chi connectivity index (χ1v) is 8.39. The average Bonchev–Trinajstić information content (AvgIpc) is 3.16. The van der Waals surface area contributed by atoms with Crippen molar-refractivity contribution in [3.05, 3.63) is 42.0 Å². The second-order valence-electron chi connectivity index (χ2n) is 5.36. The Morgan fingerprint density at radius 3 is 2.86 bits per heavy atom. The van der Waals surface area contributed by atoms with Gasteiger partial charge in [-0.2, -0.15) is 0 Å². The first-order chi connectivity index (χ1) is 9.95. The molecular formula is C14H18N4O2S. The summed E-state index contributed by atoms with van der Waals surface area (Å²) in [6.07, 6.45) is 6.18. The van der Waals surface area contributed by atoms with Crippen LogP contribution in [-0.4, -0.2) is 18.0 Å². The lowest BCUT2D eigenvalue weighted by atomic mass is 10.2. The molecule has 0 bridgehead atoms. The van der Waals surface area contributed by atoms with Crippen LogP contribution in [0, 0.1) is 6.92 Å². The summed E-state index contributed by atoms with van der Waals surface area (Å²) in [6.45, 7) is 2.47. The number of sulfonamides is 1. The van der Waals surface area contributed by atoms with E-state index < -0.39 is 10.0 Å². The first-order valence-electron chi connectivity index (χ1n) is 6.84. The molecule has 0 unspecified atom stereocenters. The minimum absolute atomic E-state index is 0.112. The zero-order chi connectivity index (χ0) is 15.0. The lowest BCUT2D eigenvalue weighted by Gasteiger charge is -2.12. The molecule has 0 atom stereocenters. The molecule has 1 aromatic carbocycles. The summed E-state index contributed by atoms with van der Waals surface area (Å²) in [5.41, 5.74) is 1.72. The Hall–Kier alpha value is -1.86. The number of hydrogen-bond acceptors (Lipinski definition) is 4. The van der Waals surface area contributed by atoms with Crippen molar-refractivity contribution < 1.29 is 8.42 Å². The van der Waals surface area contributed by atoms with Gasteiger partial charge in [-0.15, -0.1) is 0 Å². The van der Waals surface area contributed by atoms with Crippen molar-refractivity contribution in [3.8, 4) is 0 Å². The van der Waals surface area contributed by atoms with Crippen LogP contribution in [0.15, 0.2) is 35.5 Å². The molecule has 1 aromatic heterocycles. The highest BCUT2D eigenvalue weighted by Gasteiger charge is 2.25. The van der Waals surface area contributed by atoms with Crippen LogP contribution in [0.3, 0.4) is 0 Å². The third-order valence-electron chi connectivity index (χ3n) is 3.66. The van der Waals surface area contributed by atoms with Crippen LogP contribution in [0.25, 0.3) is 0 Å². The highest BCUT2D eigenvalue weighted by atomic mass is 32.2. The summed E-state index contributed by atoms with van der Waals surface area (Å²) in [4.78, 5) is 4.46. The third-order valence-corrected chi connectivity index (χ3v) is 4.57. The molecule has 1 aliphatic rings. The number of aromatic nitrogens is 2. The van der Waals surface area contributed by atoms with Gasteiger partial charge in [-0.3, -0.25) is 0 Å². The standard InChI is InChI=1S/C14H18N4O2S/c1-10-2-5-12(21(15,19)20)8-13(10)17-9-14-16-6-7-18(14)11-3-4-11/h2,5-8,11,17H,3-4,9H2,1H3,(H2,15,19,20). The first kappa shape index (κ1) is 14.1. The molecule has 0 aliphatic heterocycles. The number of nitrogens with one attached hydrogen (secondary N) is 1. The normalized spacial score (nSPS) is 15.1. The van der Waals surface area contributed by atoms with E-state index in [9.17, 15) is 8.42 Å². The van der Waals surface area contributed by atoms with Crippen LogP contribution in [0.5, 0.6) is 0 Å². The highest BCUT2D eigenvalue weighted by molar-refractivity contribution is 7.89. The van der Waals surface area contributed by atoms with Crippen molar-refractivity contribution in [2.45, 2.75) is 37.2 Å². The Kier molecular flexibility index (Phi) is 3.46. The number of nitrogens with two attached hydrogens (primary N) is 1. The summed E-state index contributed by atoms with van der Waals surface area (Å²) in [5, 5.41) is 8.41. The molecule has 0 amide bonds. The van der Waals surface area contributed by atoms with Crippen molar-refractivity contribution in [1.29, 1.82) is 0 Å². The number of aryl methyl sites for hydroxylation is 1. The van der Waals surface area contributed by atoms with Crippen LogP contribution < -0.4 is 10.5 Å². The lowest BCUT2D eigenvalue weighted by molar-refractivity contribution is 0.598. The van der Waals surface area contributed by atoms with E-state index in [1.807, 2.05) is 13.1 Å². The predicted molar refractivity (Wildman–Crippen MR) is 80.4 cm³/mol. The molecule has 6 nitrogen and oxygen atoms in total. The summed E-state index contributed by atoms with van der Waals surface area (Å²) in [6, 6.07) is 5.40. The lowest BCUT2D eigenvalue weighted by Crippen LogP contribution is -2.13. The minimum Gasteiger partial charge on any atom is -0.378 e. The molecular weight excluding hydrogens is 288 g/mol. The quantitative estimate of drug-likeness (QED) is 0.881. The average molecular weight is 306 g/mol. The number of anilines is 1. The van der Waals surface area contributed by atoms with E-state index >= 15 is 0 Å². The fourth-order valence-electron chi connectivity index (χ4n) is 2.31. The van der Waals surface area contributed by atoms with Crippen molar-refractivity contribution in [2.75, 3.05) is 5.32 Å². The van der Waals surface area contributed by atoms with E-state index in [2.05, 4.69) is 14.9 Å². The Morgan fingerprint density at radius 1 is 1.43 bits per heavy atom. The number of benzene rings is 1. The van der Waals surface area contributed by atoms with E-state index in [1.165, 1.54) is 18.9 Å². The van der Waals surface area contributed by atoms with E-state index in [-0.39, 0.29) is 4.90 Å². The molecule has 7 heteroatoms. The molecule has 1 saturated carbocycles. The van der Waals surface area contributed by atoms with Gasteiger partial charge in [0.2, 0.25) is 10.0 Å². The smallest absolute Gasteiger partial charge is 0.238 e. The van der Waals surface area contributed by atoms with Crippen LogP contribution in [-0.2, 0) is 16.6 Å². The Bertz CT molecular complexity index is 763. The maximum atomic E-state index is 11.4. The number of imidazole rings is 1. The van der Waals surface area contributed by atoms with Crippen molar-refractivity contribution >= 4 is 15.7 Å². The fourth-order valence-corrected chi connectivity index (χ4v) is 2.85.